The summed E-state index contributed by atoms with van der Waals surface area (Å²) in [5.41, 5.74) is 4.09. The van der Waals surface area contributed by atoms with Gasteiger partial charge in [0.1, 0.15) is 12.7 Å². The molecule has 7 heteroatoms. The maximum Gasteiger partial charge on any atom is 0.246 e. The first-order valence-electron chi connectivity index (χ1n) is 9.68. The van der Waals surface area contributed by atoms with Crippen molar-refractivity contribution in [3.8, 4) is 0 Å². The summed E-state index contributed by atoms with van der Waals surface area (Å²) in [6.45, 7) is 3.20. The molecule has 0 aromatic heterocycles. The van der Waals surface area contributed by atoms with E-state index >= 15 is 0 Å². The van der Waals surface area contributed by atoms with Crippen LogP contribution in [-0.2, 0) is 27.2 Å². The number of carbonyl (C=O) groups is 2. The molecule has 2 aromatic rings. The highest BCUT2D eigenvalue weighted by molar-refractivity contribution is 6.36. The van der Waals surface area contributed by atoms with Crippen molar-refractivity contribution in [2.45, 2.75) is 31.9 Å². The van der Waals surface area contributed by atoms with Crippen molar-refractivity contribution in [1.82, 2.24) is 10.2 Å². The zero-order valence-electron chi connectivity index (χ0n) is 16.1. The van der Waals surface area contributed by atoms with Crippen LogP contribution in [0.4, 0.5) is 0 Å². The number of morpholine rings is 1. The molecule has 2 atom stereocenters. The molecule has 5 nitrogen and oxygen atoms in total. The number of fused-ring (bicyclic) bond motifs is 1. The number of carbonyl (C=O) groups excluding carboxylic acids is 2. The van der Waals surface area contributed by atoms with Crippen LogP contribution >= 0.6 is 23.2 Å². The first-order chi connectivity index (χ1) is 14.0. The molecular formula is C22H22Cl2N2O3. The zero-order chi connectivity index (χ0) is 20.5. The fourth-order valence-corrected chi connectivity index (χ4v) is 4.72. The Morgan fingerprint density at radius 2 is 1.86 bits per heavy atom. The number of halogens is 2. The van der Waals surface area contributed by atoms with Gasteiger partial charge >= 0.3 is 0 Å². The summed E-state index contributed by atoms with van der Waals surface area (Å²) in [5.74, 6) is -0.0841. The average Bonchev–Trinajstić information content (AvgIpc) is 2.71. The van der Waals surface area contributed by atoms with Gasteiger partial charge in [0.2, 0.25) is 11.8 Å². The molecule has 0 radical (unpaired) electrons. The molecule has 2 amide bonds. The molecule has 0 spiro atoms. The summed E-state index contributed by atoms with van der Waals surface area (Å²) >= 11 is 12.5. The van der Waals surface area contributed by atoms with Crippen LogP contribution in [0.3, 0.4) is 0 Å². The van der Waals surface area contributed by atoms with Crippen LogP contribution in [-0.4, -0.2) is 36.4 Å². The van der Waals surface area contributed by atoms with Crippen LogP contribution in [0.1, 0.15) is 41.3 Å². The van der Waals surface area contributed by atoms with E-state index in [1.165, 1.54) is 5.56 Å². The molecule has 29 heavy (non-hydrogen) atoms. The first kappa shape index (κ1) is 20.2. The lowest BCUT2D eigenvalue weighted by molar-refractivity contribution is -0.134. The third-order valence-corrected chi connectivity index (χ3v) is 6.43. The van der Waals surface area contributed by atoms with Crippen LogP contribution in [0.5, 0.6) is 0 Å². The Labute approximate surface area is 179 Å². The number of ether oxygens (including phenoxy) is 1. The third kappa shape index (κ3) is 4.00. The van der Waals surface area contributed by atoms with E-state index in [4.69, 9.17) is 27.9 Å². The van der Waals surface area contributed by atoms with Gasteiger partial charge in [0.25, 0.3) is 0 Å². The van der Waals surface area contributed by atoms with Gasteiger partial charge in [-0.3, -0.25) is 9.59 Å². The van der Waals surface area contributed by atoms with Gasteiger partial charge in [0, 0.05) is 23.1 Å². The molecule has 2 aliphatic rings. The van der Waals surface area contributed by atoms with Gasteiger partial charge in [-0.15, -0.1) is 0 Å². The third-order valence-electron chi connectivity index (χ3n) is 5.73. The van der Waals surface area contributed by atoms with E-state index < -0.39 is 0 Å². The Hall–Kier alpha value is -2.08. The van der Waals surface area contributed by atoms with Gasteiger partial charge in [-0.2, -0.15) is 0 Å². The van der Waals surface area contributed by atoms with Crippen LogP contribution in [0.2, 0.25) is 10.0 Å². The minimum Gasteiger partial charge on any atom is -0.362 e. The maximum atomic E-state index is 13.1. The molecule has 1 unspecified atom stereocenters. The minimum absolute atomic E-state index is 0.00438. The largest absolute Gasteiger partial charge is 0.362 e. The molecule has 4 rings (SSSR count). The van der Waals surface area contributed by atoms with E-state index in [1.807, 2.05) is 17.9 Å². The highest BCUT2D eigenvalue weighted by Crippen LogP contribution is 2.36. The zero-order valence-corrected chi connectivity index (χ0v) is 17.6. The molecule has 0 aliphatic carbocycles. The number of rotatable bonds is 3. The van der Waals surface area contributed by atoms with Crippen molar-refractivity contribution in [3.05, 3.63) is 68.7 Å². The number of amides is 2. The Balaban J connectivity index is 1.56. The van der Waals surface area contributed by atoms with Crippen molar-refractivity contribution < 1.29 is 14.3 Å². The Bertz CT molecular complexity index is 933. The van der Waals surface area contributed by atoms with Crippen LogP contribution < -0.4 is 5.32 Å². The molecule has 1 saturated heterocycles. The molecule has 2 heterocycles. The van der Waals surface area contributed by atoms with Crippen molar-refractivity contribution in [1.29, 1.82) is 0 Å². The topological polar surface area (TPSA) is 58.6 Å². The Morgan fingerprint density at radius 3 is 2.55 bits per heavy atom. The van der Waals surface area contributed by atoms with Gasteiger partial charge in [-0.1, -0.05) is 47.5 Å². The summed E-state index contributed by atoms with van der Waals surface area (Å²) in [7, 11) is 0. The normalized spacial score (nSPS) is 21.5. The van der Waals surface area contributed by atoms with Crippen molar-refractivity contribution >= 4 is 35.0 Å². The molecule has 2 aliphatic heterocycles. The van der Waals surface area contributed by atoms with E-state index in [2.05, 4.69) is 17.4 Å². The van der Waals surface area contributed by atoms with Gasteiger partial charge < -0.3 is 15.0 Å². The molecule has 152 valence electrons. The average molecular weight is 433 g/mol. The maximum absolute atomic E-state index is 13.1. The molecule has 1 fully saturated rings. The SMILES string of the molecule is C[C@H]1c2cccc(C3CNC(=O)CO3)c2CCN1C(=O)Cc1c(Cl)cccc1Cl. The second kappa shape index (κ2) is 8.34. The Kier molecular flexibility index (Phi) is 5.81. The summed E-state index contributed by atoms with van der Waals surface area (Å²) in [6.07, 6.45) is 0.764. The predicted octanol–water partition coefficient (Wildman–Crippen LogP) is 3.87. The number of hydrogen-bond acceptors (Lipinski definition) is 3. The number of nitrogens with zero attached hydrogens (tertiary/aromatic N) is 1. The van der Waals surface area contributed by atoms with Crippen LogP contribution in [0.25, 0.3) is 0 Å². The molecule has 0 bridgehead atoms. The lowest BCUT2D eigenvalue weighted by atomic mass is 9.87. The highest BCUT2D eigenvalue weighted by atomic mass is 35.5. The molecular weight excluding hydrogens is 411 g/mol. The molecule has 1 N–H and O–H groups in total. The predicted molar refractivity (Wildman–Crippen MR) is 112 cm³/mol. The van der Waals surface area contributed by atoms with Crippen molar-refractivity contribution in [2.24, 2.45) is 0 Å². The number of nitrogens with one attached hydrogen (secondary N) is 1. The summed E-state index contributed by atoms with van der Waals surface area (Å²) in [5, 5.41) is 3.88. The van der Waals surface area contributed by atoms with Crippen molar-refractivity contribution in [2.75, 3.05) is 19.7 Å². The second-order valence-electron chi connectivity index (χ2n) is 7.41. The monoisotopic (exact) mass is 432 g/mol. The van der Waals surface area contributed by atoms with Crippen LogP contribution in [0.15, 0.2) is 36.4 Å². The summed E-state index contributed by atoms with van der Waals surface area (Å²) in [4.78, 5) is 26.3. The van der Waals surface area contributed by atoms with E-state index in [0.717, 1.165) is 17.5 Å². The second-order valence-corrected chi connectivity index (χ2v) is 8.22. The smallest absolute Gasteiger partial charge is 0.246 e. The quantitative estimate of drug-likeness (QED) is 0.800. The van der Waals surface area contributed by atoms with Gasteiger partial charge in [-0.25, -0.2) is 0 Å². The molecule has 2 aromatic carbocycles. The fraction of sp³-hybridized carbons (Fsp3) is 0.364. The van der Waals surface area contributed by atoms with E-state index in [0.29, 0.717) is 28.7 Å². The first-order valence-corrected chi connectivity index (χ1v) is 10.4. The van der Waals surface area contributed by atoms with E-state index in [9.17, 15) is 9.59 Å². The van der Waals surface area contributed by atoms with Crippen molar-refractivity contribution in [3.63, 3.8) is 0 Å². The number of hydrogen-bond donors (Lipinski definition) is 1. The standard InChI is InChI=1S/C22H22Cl2N2O3/c1-13-14-4-2-5-16(20-11-25-21(27)12-29-20)15(14)8-9-26(13)22(28)10-17-18(23)6-3-7-19(17)24/h2-7,13,20H,8-12H2,1H3,(H,25,27)/t13-,20?/m0/s1. The lowest BCUT2D eigenvalue weighted by Gasteiger charge is -2.37. The van der Waals surface area contributed by atoms with Gasteiger partial charge in [0.15, 0.2) is 0 Å². The molecule has 0 saturated carbocycles. The fourth-order valence-electron chi connectivity index (χ4n) is 4.19. The highest BCUT2D eigenvalue weighted by Gasteiger charge is 2.32. The Morgan fingerprint density at radius 1 is 1.17 bits per heavy atom. The number of benzene rings is 2. The van der Waals surface area contributed by atoms with Gasteiger partial charge in [0.05, 0.1) is 12.5 Å². The summed E-state index contributed by atoms with van der Waals surface area (Å²) < 4.78 is 5.74. The summed E-state index contributed by atoms with van der Waals surface area (Å²) in [6, 6.07) is 11.3. The minimum atomic E-state index is -0.154. The van der Waals surface area contributed by atoms with E-state index in [-0.39, 0.29) is 37.0 Å². The van der Waals surface area contributed by atoms with Gasteiger partial charge in [-0.05, 0) is 47.7 Å². The lowest BCUT2D eigenvalue weighted by Crippen LogP contribution is -2.42. The van der Waals surface area contributed by atoms with Crippen LogP contribution in [0, 0.1) is 0 Å². The van der Waals surface area contributed by atoms with E-state index in [1.54, 1.807) is 18.2 Å².